The number of aromatic nitrogens is 6. The molecule has 0 spiro atoms. The summed E-state index contributed by atoms with van der Waals surface area (Å²) in [6, 6.07) is 2.03. The van der Waals surface area contributed by atoms with Gasteiger partial charge in [-0.3, -0.25) is 4.98 Å². The van der Waals surface area contributed by atoms with Gasteiger partial charge >= 0.3 is 12.1 Å². The van der Waals surface area contributed by atoms with Crippen molar-refractivity contribution in [2.75, 3.05) is 5.75 Å². The van der Waals surface area contributed by atoms with Gasteiger partial charge in [-0.05, 0) is 25.0 Å². The number of rotatable bonds is 6. The molecule has 1 aliphatic rings. The van der Waals surface area contributed by atoms with Gasteiger partial charge in [0.05, 0.1) is 20.2 Å². The second-order valence-corrected chi connectivity index (χ2v) is 10.8. The third kappa shape index (κ3) is 3.90. The van der Waals surface area contributed by atoms with Crippen LogP contribution in [-0.4, -0.2) is 45.8 Å². The van der Waals surface area contributed by atoms with Crippen molar-refractivity contribution in [2.45, 2.75) is 42.7 Å². The van der Waals surface area contributed by atoms with E-state index in [9.17, 15) is 26.2 Å². The number of pyridine rings is 2. The summed E-state index contributed by atoms with van der Waals surface area (Å²) in [6.07, 6.45) is -2.12. The molecule has 5 rings (SSSR count). The monoisotopic (exact) mass is 527 g/mol. The number of hydrogen-bond donors (Lipinski definition) is 1. The van der Waals surface area contributed by atoms with E-state index >= 15 is 0 Å². The number of fused-ring (bicyclic) bond motifs is 1. The van der Waals surface area contributed by atoms with Crippen LogP contribution < -0.4 is 0 Å². The van der Waals surface area contributed by atoms with Crippen molar-refractivity contribution in [3.63, 3.8) is 0 Å². The van der Waals surface area contributed by atoms with Crippen LogP contribution in [-0.2, 0) is 22.7 Å². The number of imidazole rings is 1. The smallest absolute Gasteiger partial charge is 0.339 e. The van der Waals surface area contributed by atoms with E-state index in [4.69, 9.17) is 9.30 Å². The lowest BCUT2D eigenvalue weighted by Gasteiger charge is -2.19. The Kier molecular flexibility index (Phi) is 5.39. The number of halogens is 5. The fraction of sp³-hybridized carbons (Fsp3) is 0.381. The Bertz CT molecular complexity index is 1590. The van der Waals surface area contributed by atoms with Gasteiger partial charge < -0.3 is 9.09 Å². The second-order valence-electron chi connectivity index (χ2n) is 8.40. The van der Waals surface area contributed by atoms with Crippen molar-refractivity contribution in [2.24, 2.45) is 7.05 Å². The molecule has 0 aliphatic heterocycles. The van der Waals surface area contributed by atoms with Gasteiger partial charge in [-0.1, -0.05) is 12.1 Å². The first kappa shape index (κ1) is 24.2. The minimum Gasteiger partial charge on any atom is -0.339 e. The summed E-state index contributed by atoms with van der Waals surface area (Å²) in [4.78, 5) is 16.5. The normalized spacial score (nSPS) is 16.4. The molecule has 1 saturated carbocycles. The third-order valence-corrected chi connectivity index (χ3v) is 7.72. The number of aryl methyl sites for hydroxylation is 1. The van der Waals surface area contributed by atoms with Gasteiger partial charge in [0.2, 0.25) is 11.7 Å². The van der Waals surface area contributed by atoms with E-state index < -0.39 is 27.4 Å². The molecule has 1 fully saturated rings. The average Bonchev–Trinajstić information content (AvgIpc) is 3.47. The highest BCUT2D eigenvalue weighted by molar-refractivity contribution is 7.92. The van der Waals surface area contributed by atoms with E-state index in [2.05, 4.69) is 25.1 Å². The molecule has 0 radical (unpaired) electrons. The molecular formula is C21H18F5N7O2S. The molecule has 190 valence electrons. The molecule has 9 nitrogen and oxygen atoms in total. The van der Waals surface area contributed by atoms with Crippen LogP contribution in [0.15, 0.2) is 33.9 Å². The molecule has 4 aromatic heterocycles. The maximum absolute atomic E-state index is 13.9. The van der Waals surface area contributed by atoms with Gasteiger partial charge in [-0.2, -0.15) is 26.9 Å². The van der Waals surface area contributed by atoms with Crippen LogP contribution in [0.3, 0.4) is 0 Å². The lowest BCUT2D eigenvalue weighted by Crippen LogP contribution is -2.33. The van der Waals surface area contributed by atoms with Crippen LogP contribution in [0.4, 0.5) is 22.0 Å². The Morgan fingerprint density at radius 3 is 2.50 bits per heavy atom. The van der Waals surface area contributed by atoms with Crippen molar-refractivity contribution in [1.82, 2.24) is 29.7 Å². The van der Waals surface area contributed by atoms with Crippen LogP contribution >= 0.6 is 0 Å². The lowest BCUT2D eigenvalue weighted by molar-refractivity contribution is -0.289. The maximum Gasteiger partial charge on any atom is 0.458 e. The quantitative estimate of drug-likeness (QED) is 0.349. The highest BCUT2D eigenvalue weighted by Crippen LogP contribution is 2.44. The number of nitrogens with one attached hydrogen (secondary N) is 1. The van der Waals surface area contributed by atoms with Crippen LogP contribution in [0.5, 0.6) is 0 Å². The molecule has 0 bridgehead atoms. The van der Waals surface area contributed by atoms with Crippen LogP contribution in [0.1, 0.15) is 37.1 Å². The third-order valence-electron chi connectivity index (χ3n) is 5.88. The minimum atomic E-state index is -5.81. The van der Waals surface area contributed by atoms with Gasteiger partial charge in [0.1, 0.15) is 11.2 Å². The summed E-state index contributed by atoms with van der Waals surface area (Å²) in [6.45, 7) is 1.55. The first-order valence-corrected chi connectivity index (χ1v) is 12.4. The Morgan fingerprint density at radius 1 is 1.14 bits per heavy atom. The zero-order valence-corrected chi connectivity index (χ0v) is 19.6. The van der Waals surface area contributed by atoms with Crippen molar-refractivity contribution in [3.05, 3.63) is 36.0 Å². The largest absolute Gasteiger partial charge is 0.458 e. The molecule has 15 heteroatoms. The number of alkyl halides is 5. The molecule has 0 aromatic carbocycles. The van der Waals surface area contributed by atoms with Crippen molar-refractivity contribution in [1.29, 1.82) is 4.78 Å². The fourth-order valence-corrected chi connectivity index (χ4v) is 4.70. The zero-order chi connectivity index (χ0) is 26.0. The maximum atomic E-state index is 13.9. The summed E-state index contributed by atoms with van der Waals surface area (Å²) >= 11 is 0. The summed E-state index contributed by atoms with van der Waals surface area (Å²) in [7, 11) is -1.95. The van der Waals surface area contributed by atoms with Crippen LogP contribution in [0, 0.1) is 4.78 Å². The first-order valence-electron chi connectivity index (χ1n) is 10.7. The molecule has 1 unspecified atom stereocenters. The Balaban J connectivity index is 1.65. The molecule has 36 heavy (non-hydrogen) atoms. The van der Waals surface area contributed by atoms with Crippen LogP contribution in [0.2, 0.25) is 0 Å². The lowest BCUT2D eigenvalue weighted by atomic mass is 10.1. The molecular weight excluding hydrogens is 509 g/mol. The molecule has 1 N–H and O–H groups in total. The Labute approximate surface area is 200 Å². The van der Waals surface area contributed by atoms with Gasteiger partial charge in [0.25, 0.3) is 0 Å². The Hall–Kier alpha value is -3.49. The van der Waals surface area contributed by atoms with Gasteiger partial charge in [-0.15, -0.1) is 0 Å². The van der Waals surface area contributed by atoms with Crippen LogP contribution in [0.25, 0.3) is 34.1 Å². The van der Waals surface area contributed by atoms with E-state index in [1.54, 1.807) is 6.92 Å². The van der Waals surface area contributed by atoms with E-state index in [1.807, 2.05) is 0 Å². The first-order chi connectivity index (χ1) is 16.8. The SMILES string of the molecule is CCS(=N)(=O)c1cc(-c2noc(C3CC3)n2)cnc1-c1nc2cc(C(F)(F)C(F)(F)F)cnc2n1C. The molecule has 0 amide bonds. The van der Waals surface area contributed by atoms with E-state index in [0.717, 1.165) is 12.8 Å². The predicted octanol–water partition coefficient (Wildman–Crippen LogP) is 5.04. The second kappa shape index (κ2) is 8.01. The fourth-order valence-electron chi connectivity index (χ4n) is 3.61. The van der Waals surface area contributed by atoms with E-state index in [0.29, 0.717) is 23.7 Å². The van der Waals surface area contributed by atoms with Crippen molar-refractivity contribution < 1.29 is 30.7 Å². The highest BCUT2D eigenvalue weighted by Gasteiger charge is 2.59. The molecule has 4 heterocycles. The Morgan fingerprint density at radius 2 is 1.86 bits per heavy atom. The standard InChI is InChI=1S/C21H18F5N7O2S/c1-3-36(27,34)14-6-11(16-31-19(35-32-16)10-4-5-10)8-28-15(14)18-30-13-7-12(9-29-17(13)33(18)2)20(22,23)21(24,25)26/h6-10,27H,3-5H2,1-2H3. The van der Waals surface area contributed by atoms with Gasteiger partial charge in [0, 0.05) is 36.7 Å². The van der Waals surface area contributed by atoms with E-state index in [1.165, 1.54) is 23.9 Å². The predicted molar refractivity (Wildman–Crippen MR) is 117 cm³/mol. The molecule has 1 atom stereocenters. The number of hydrogen-bond acceptors (Lipinski definition) is 8. The minimum absolute atomic E-state index is 0.00349. The van der Waals surface area contributed by atoms with Crippen molar-refractivity contribution in [3.8, 4) is 22.9 Å². The molecule has 1 aliphatic carbocycles. The number of nitrogens with zero attached hydrogens (tertiary/aromatic N) is 6. The molecule has 4 aromatic rings. The summed E-state index contributed by atoms with van der Waals surface area (Å²) in [5.74, 6) is -4.32. The van der Waals surface area contributed by atoms with Crippen molar-refractivity contribution >= 4 is 20.9 Å². The summed E-state index contributed by atoms with van der Waals surface area (Å²) in [5.41, 5.74) is -1.26. The van der Waals surface area contributed by atoms with Gasteiger partial charge in [-0.25, -0.2) is 19.0 Å². The summed E-state index contributed by atoms with van der Waals surface area (Å²) in [5, 5.41) is 3.93. The average molecular weight is 527 g/mol. The van der Waals surface area contributed by atoms with E-state index in [-0.39, 0.29) is 45.1 Å². The highest BCUT2D eigenvalue weighted by atomic mass is 32.2. The molecule has 0 saturated heterocycles. The van der Waals surface area contributed by atoms with Gasteiger partial charge in [0.15, 0.2) is 11.5 Å². The summed E-state index contributed by atoms with van der Waals surface area (Å²) < 4.78 is 94.3. The zero-order valence-electron chi connectivity index (χ0n) is 18.8. The topological polar surface area (TPSA) is 123 Å².